The van der Waals surface area contributed by atoms with Gasteiger partial charge in [-0.15, -0.1) is 0 Å². The molecule has 1 aromatic heterocycles. The molecule has 1 aliphatic heterocycles. The van der Waals surface area contributed by atoms with E-state index >= 15 is 0 Å². The third kappa shape index (κ3) is 4.01. The summed E-state index contributed by atoms with van der Waals surface area (Å²) in [5.41, 5.74) is 3.90. The molecule has 1 saturated heterocycles. The number of aliphatic hydroxyl groups excluding tert-OH is 1. The van der Waals surface area contributed by atoms with Crippen LogP contribution in [-0.2, 0) is 16.1 Å². The van der Waals surface area contributed by atoms with Gasteiger partial charge in [-0.3, -0.25) is 14.6 Å². The zero-order valence-corrected chi connectivity index (χ0v) is 19.0. The standard InChI is InChI=1S/C25H20Cl2N2O3/c1-14-3-4-18(11-15(14)2)23(30)21-22(17-5-6-19(26)20(27)12-17)29(25(32)24(21)31)13-16-7-9-28-10-8-16/h3-12,22,30H,13H2,1-2H3/b23-21-. The monoisotopic (exact) mass is 466 g/mol. The molecular weight excluding hydrogens is 447 g/mol. The lowest BCUT2D eigenvalue weighted by Gasteiger charge is -2.25. The van der Waals surface area contributed by atoms with E-state index in [0.717, 1.165) is 16.7 Å². The van der Waals surface area contributed by atoms with Gasteiger partial charge in [-0.2, -0.15) is 0 Å². The number of likely N-dealkylation sites (tertiary alicyclic amines) is 1. The van der Waals surface area contributed by atoms with Crippen LogP contribution in [0.25, 0.3) is 5.76 Å². The van der Waals surface area contributed by atoms with Crippen LogP contribution in [-0.4, -0.2) is 26.7 Å². The van der Waals surface area contributed by atoms with E-state index < -0.39 is 17.7 Å². The maximum absolute atomic E-state index is 13.1. The van der Waals surface area contributed by atoms with E-state index in [9.17, 15) is 14.7 Å². The lowest BCUT2D eigenvalue weighted by molar-refractivity contribution is -0.140. The summed E-state index contributed by atoms with van der Waals surface area (Å²) in [6.07, 6.45) is 3.24. The highest BCUT2D eigenvalue weighted by Gasteiger charge is 2.46. The highest BCUT2D eigenvalue weighted by atomic mass is 35.5. The average molecular weight is 467 g/mol. The largest absolute Gasteiger partial charge is 0.507 e. The normalized spacial score (nSPS) is 17.8. The number of aliphatic hydroxyl groups is 1. The van der Waals surface area contributed by atoms with Crippen molar-refractivity contribution in [3.63, 3.8) is 0 Å². The van der Waals surface area contributed by atoms with E-state index in [1.54, 1.807) is 54.9 Å². The molecule has 1 aliphatic rings. The third-order valence-corrected chi connectivity index (χ3v) is 6.42. The summed E-state index contributed by atoms with van der Waals surface area (Å²) in [6, 6.07) is 13.1. The van der Waals surface area contributed by atoms with Crippen molar-refractivity contribution >= 4 is 40.7 Å². The number of pyridine rings is 1. The van der Waals surface area contributed by atoms with Crippen LogP contribution in [0.4, 0.5) is 0 Å². The molecule has 1 fully saturated rings. The van der Waals surface area contributed by atoms with Crippen molar-refractivity contribution in [1.82, 2.24) is 9.88 Å². The van der Waals surface area contributed by atoms with Gasteiger partial charge in [0.15, 0.2) is 0 Å². The summed E-state index contributed by atoms with van der Waals surface area (Å²) in [5.74, 6) is -1.66. The third-order valence-electron chi connectivity index (χ3n) is 5.68. The van der Waals surface area contributed by atoms with E-state index in [1.165, 1.54) is 4.90 Å². The molecule has 0 radical (unpaired) electrons. The van der Waals surface area contributed by atoms with Crippen molar-refractivity contribution in [2.75, 3.05) is 0 Å². The Morgan fingerprint density at radius 3 is 2.34 bits per heavy atom. The minimum Gasteiger partial charge on any atom is -0.507 e. The number of benzene rings is 2. The first-order valence-corrected chi connectivity index (χ1v) is 10.7. The van der Waals surface area contributed by atoms with Crippen LogP contribution < -0.4 is 0 Å². The maximum Gasteiger partial charge on any atom is 0.295 e. The van der Waals surface area contributed by atoms with E-state index in [0.29, 0.717) is 21.2 Å². The Morgan fingerprint density at radius 2 is 1.69 bits per heavy atom. The average Bonchev–Trinajstić information content (AvgIpc) is 3.02. The Hall–Kier alpha value is -3.15. The molecule has 0 spiro atoms. The number of rotatable bonds is 4. The predicted molar refractivity (Wildman–Crippen MR) is 124 cm³/mol. The van der Waals surface area contributed by atoms with Gasteiger partial charge in [-0.05, 0) is 66.4 Å². The Kier molecular flexibility index (Phi) is 6.04. The number of aromatic nitrogens is 1. The molecule has 0 aliphatic carbocycles. The lowest BCUT2D eigenvalue weighted by atomic mass is 9.94. The van der Waals surface area contributed by atoms with Crippen LogP contribution in [0.5, 0.6) is 0 Å². The highest BCUT2D eigenvalue weighted by molar-refractivity contribution is 6.46. The Bertz CT molecular complexity index is 1260. The van der Waals surface area contributed by atoms with E-state index in [-0.39, 0.29) is 17.9 Å². The zero-order chi connectivity index (χ0) is 23.0. The second kappa shape index (κ2) is 8.77. The Labute approximate surface area is 195 Å². The van der Waals surface area contributed by atoms with E-state index in [2.05, 4.69) is 4.98 Å². The molecule has 5 nitrogen and oxygen atoms in total. The molecule has 3 aromatic rings. The number of hydrogen-bond donors (Lipinski definition) is 1. The van der Waals surface area contributed by atoms with Gasteiger partial charge < -0.3 is 10.0 Å². The molecule has 1 unspecified atom stereocenters. The van der Waals surface area contributed by atoms with Gasteiger partial charge in [0, 0.05) is 24.5 Å². The number of carbonyl (C=O) groups excluding carboxylic acids is 2. The van der Waals surface area contributed by atoms with Gasteiger partial charge in [0.1, 0.15) is 5.76 Å². The zero-order valence-electron chi connectivity index (χ0n) is 17.5. The van der Waals surface area contributed by atoms with Crippen molar-refractivity contribution in [2.24, 2.45) is 0 Å². The van der Waals surface area contributed by atoms with Gasteiger partial charge in [-0.1, -0.05) is 41.4 Å². The number of nitrogens with zero attached hydrogens (tertiary/aromatic N) is 2. The summed E-state index contributed by atoms with van der Waals surface area (Å²) in [5, 5.41) is 11.8. The molecular formula is C25H20Cl2N2O3. The molecule has 1 amide bonds. The van der Waals surface area contributed by atoms with Gasteiger partial charge in [0.05, 0.1) is 21.7 Å². The second-order valence-corrected chi connectivity index (χ2v) is 8.57. The van der Waals surface area contributed by atoms with E-state index in [4.69, 9.17) is 23.2 Å². The predicted octanol–water partition coefficient (Wildman–Crippen LogP) is 5.63. The summed E-state index contributed by atoms with van der Waals surface area (Å²) >= 11 is 12.3. The molecule has 162 valence electrons. The maximum atomic E-state index is 13.1. The van der Waals surface area contributed by atoms with Crippen LogP contribution in [0, 0.1) is 13.8 Å². The first kappa shape index (κ1) is 22.1. The molecule has 0 saturated carbocycles. The van der Waals surface area contributed by atoms with Gasteiger partial charge in [0.25, 0.3) is 11.7 Å². The number of hydrogen-bond acceptors (Lipinski definition) is 4. The van der Waals surface area contributed by atoms with Gasteiger partial charge >= 0.3 is 0 Å². The van der Waals surface area contributed by atoms with Crippen molar-refractivity contribution in [1.29, 1.82) is 0 Å². The number of halogens is 2. The topological polar surface area (TPSA) is 70.5 Å². The minimum absolute atomic E-state index is 0.0192. The molecule has 1 N–H and O–H groups in total. The minimum atomic E-state index is -0.820. The molecule has 32 heavy (non-hydrogen) atoms. The molecule has 2 aromatic carbocycles. The Morgan fingerprint density at radius 1 is 0.969 bits per heavy atom. The van der Waals surface area contributed by atoms with Crippen molar-refractivity contribution in [3.8, 4) is 0 Å². The fourth-order valence-corrected chi connectivity index (χ4v) is 4.11. The summed E-state index contributed by atoms with van der Waals surface area (Å²) in [6.45, 7) is 4.05. The number of ketones is 1. The highest BCUT2D eigenvalue weighted by Crippen LogP contribution is 2.41. The Balaban J connectivity index is 1.90. The smallest absolute Gasteiger partial charge is 0.295 e. The van der Waals surface area contributed by atoms with Crippen LogP contribution in [0.1, 0.15) is 33.9 Å². The quantitative estimate of drug-likeness (QED) is 0.307. The number of aryl methyl sites for hydroxylation is 2. The SMILES string of the molecule is Cc1ccc(/C(O)=C2/C(=O)C(=O)N(Cc3ccncc3)C2c2ccc(Cl)c(Cl)c2)cc1C. The van der Waals surface area contributed by atoms with Crippen molar-refractivity contribution in [2.45, 2.75) is 26.4 Å². The lowest BCUT2D eigenvalue weighted by Crippen LogP contribution is -2.29. The fraction of sp³-hybridized carbons (Fsp3) is 0.160. The van der Waals surface area contributed by atoms with Crippen LogP contribution in [0.2, 0.25) is 10.0 Å². The molecule has 0 bridgehead atoms. The summed E-state index contributed by atoms with van der Waals surface area (Å²) < 4.78 is 0. The van der Waals surface area contributed by atoms with Crippen LogP contribution in [0.15, 0.2) is 66.5 Å². The second-order valence-electron chi connectivity index (χ2n) is 7.76. The molecule has 7 heteroatoms. The number of amides is 1. The molecule has 1 atom stereocenters. The number of Topliss-reactive ketones (excluding diaryl/α,β-unsaturated/α-hetero) is 1. The van der Waals surface area contributed by atoms with Gasteiger partial charge in [0.2, 0.25) is 0 Å². The van der Waals surface area contributed by atoms with E-state index in [1.807, 2.05) is 19.9 Å². The van der Waals surface area contributed by atoms with Crippen molar-refractivity contribution in [3.05, 3.63) is 104 Å². The summed E-state index contributed by atoms with van der Waals surface area (Å²) in [7, 11) is 0. The first-order chi connectivity index (χ1) is 15.3. The molecule has 4 rings (SSSR count). The fourth-order valence-electron chi connectivity index (χ4n) is 3.80. The van der Waals surface area contributed by atoms with Crippen molar-refractivity contribution < 1.29 is 14.7 Å². The number of carbonyl (C=O) groups is 2. The first-order valence-electron chi connectivity index (χ1n) is 9.98. The summed E-state index contributed by atoms with van der Waals surface area (Å²) in [4.78, 5) is 31.6. The molecule has 2 heterocycles. The van der Waals surface area contributed by atoms with Gasteiger partial charge in [-0.25, -0.2) is 0 Å². The van der Waals surface area contributed by atoms with Crippen LogP contribution in [0.3, 0.4) is 0 Å². The van der Waals surface area contributed by atoms with Crippen LogP contribution >= 0.6 is 23.2 Å².